The smallest absolute Gasteiger partial charge is 0.152 e. The molecule has 0 fully saturated rings. The number of nitrogens with one attached hydrogen (secondary N) is 1. The van der Waals surface area contributed by atoms with Gasteiger partial charge in [0.1, 0.15) is 12.4 Å². The maximum Gasteiger partial charge on any atom is 0.152 e. The van der Waals surface area contributed by atoms with E-state index in [1.165, 1.54) is 0 Å². The minimum atomic E-state index is 0.453. The van der Waals surface area contributed by atoms with E-state index in [9.17, 15) is 0 Å². The van der Waals surface area contributed by atoms with Crippen LogP contribution in [0.25, 0.3) is 10.9 Å². The van der Waals surface area contributed by atoms with Crippen LogP contribution in [-0.4, -0.2) is 31.5 Å². The van der Waals surface area contributed by atoms with Gasteiger partial charge in [0.05, 0.1) is 17.4 Å². The highest BCUT2D eigenvalue weighted by atomic mass is 15.4. The van der Waals surface area contributed by atoms with Crippen LogP contribution >= 0.6 is 0 Å². The first-order valence-electron chi connectivity index (χ1n) is 6.87. The topological polar surface area (TPSA) is 94.5 Å². The molecular weight excluding hydrogens is 266 g/mol. The average molecular weight is 283 g/mol. The molecule has 0 saturated carbocycles. The summed E-state index contributed by atoms with van der Waals surface area (Å²) in [7, 11) is 0. The number of hydrogen-bond acceptors (Lipinski definition) is 6. The first kappa shape index (κ1) is 13.4. The quantitative estimate of drug-likeness (QED) is 0.724. The summed E-state index contributed by atoms with van der Waals surface area (Å²) >= 11 is 0. The van der Waals surface area contributed by atoms with Crippen LogP contribution in [0, 0.1) is 0 Å². The molecule has 1 aromatic carbocycles. The molecule has 2 aromatic heterocycles. The SMILES string of the molecule is CCNCc1cn(Cc2nc(N)c3ccccc3n2)nn1. The number of benzene rings is 1. The van der Waals surface area contributed by atoms with E-state index in [4.69, 9.17) is 5.73 Å². The summed E-state index contributed by atoms with van der Waals surface area (Å²) < 4.78 is 1.72. The third-order valence-corrected chi connectivity index (χ3v) is 3.12. The molecule has 0 amide bonds. The Morgan fingerprint density at radius 3 is 2.95 bits per heavy atom. The van der Waals surface area contributed by atoms with E-state index in [0.29, 0.717) is 24.7 Å². The van der Waals surface area contributed by atoms with Crippen molar-refractivity contribution in [1.29, 1.82) is 0 Å². The number of aromatic nitrogens is 5. The number of anilines is 1. The van der Waals surface area contributed by atoms with Gasteiger partial charge in [-0.05, 0) is 18.7 Å². The molecule has 0 aliphatic heterocycles. The molecule has 0 unspecified atom stereocenters. The second-order valence-corrected chi connectivity index (χ2v) is 4.73. The minimum absolute atomic E-state index is 0.453. The van der Waals surface area contributed by atoms with Gasteiger partial charge >= 0.3 is 0 Å². The zero-order valence-electron chi connectivity index (χ0n) is 11.8. The van der Waals surface area contributed by atoms with Crippen molar-refractivity contribution in [2.24, 2.45) is 0 Å². The van der Waals surface area contributed by atoms with Crippen molar-refractivity contribution < 1.29 is 0 Å². The second-order valence-electron chi connectivity index (χ2n) is 4.73. The summed E-state index contributed by atoms with van der Waals surface area (Å²) in [4.78, 5) is 8.84. The molecule has 0 saturated heterocycles. The summed E-state index contributed by atoms with van der Waals surface area (Å²) in [6.45, 7) is 4.11. The molecule has 21 heavy (non-hydrogen) atoms. The van der Waals surface area contributed by atoms with Crippen molar-refractivity contribution in [3.8, 4) is 0 Å². The van der Waals surface area contributed by atoms with Crippen LogP contribution in [0.4, 0.5) is 5.82 Å². The molecule has 2 heterocycles. The lowest BCUT2D eigenvalue weighted by Gasteiger charge is -2.04. The van der Waals surface area contributed by atoms with E-state index in [0.717, 1.165) is 23.1 Å². The lowest BCUT2D eigenvalue weighted by Crippen LogP contribution is -2.11. The molecule has 0 aliphatic carbocycles. The van der Waals surface area contributed by atoms with Gasteiger partial charge in [0.15, 0.2) is 5.82 Å². The Morgan fingerprint density at radius 2 is 2.10 bits per heavy atom. The maximum atomic E-state index is 5.98. The predicted octanol–water partition coefficient (Wildman–Crippen LogP) is 0.961. The Kier molecular flexibility index (Phi) is 3.74. The van der Waals surface area contributed by atoms with E-state index in [-0.39, 0.29) is 0 Å². The lowest BCUT2D eigenvalue weighted by atomic mass is 10.2. The molecule has 7 heteroatoms. The van der Waals surface area contributed by atoms with Gasteiger partial charge in [0, 0.05) is 11.9 Å². The van der Waals surface area contributed by atoms with Crippen LogP contribution in [0.5, 0.6) is 0 Å². The van der Waals surface area contributed by atoms with Crippen LogP contribution in [0.1, 0.15) is 18.4 Å². The van der Waals surface area contributed by atoms with E-state index >= 15 is 0 Å². The van der Waals surface area contributed by atoms with Crippen molar-refractivity contribution >= 4 is 16.7 Å². The molecule has 0 bridgehead atoms. The van der Waals surface area contributed by atoms with Gasteiger partial charge in [0.2, 0.25) is 0 Å². The Morgan fingerprint density at radius 1 is 1.24 bits per heavy atom. The third kappa shape index (κ3) is 2.97. The van der Waals surface area contributed by atoms with E-state index in [1.807, 2.05) is 30.5 Å². The van der Waals surface area contributed by atoms with Crippen molar-refractivity contribution in [3.63, 3.8) is 0 Å². The highest BCUT2D eigenvalue weighted by Crippen LogP contribution is 2.17. The fourth-order valence-corrected chi connectivity index (χ4v) is 2.12. The molecular formula is C14H17N7. The van der Waals surface area contributed by atoms with Crippen molar-refractivity contribution in [1.82, 2.24) is 30.3 Å². The average Bonchev–Trinajstić information content (AvgIpc) is 2.92. The van der Waals surface area contributed by atoms with Crippen LogP contribution in [0.15, 0.2) is 30.5 Å². The lowest BCUT2D eigenvalue weighted by molar-refractivity contribution is 0.626. The number of para-hydroxylation sites is 1. The Balaban J connectivity index is 1.83. The molecule has 3 N–H and O–H groups in total. The number of fused-ring (bicyclic) bond motifs is 1. The van der Waals surface area contributed by atoms with Crippen LogP contribution in [-0.2, 0) is 13.1 Å². The van der Waals surface area contributed by atoms with E-state index in [2.05, 4.69) is 32.5 Å². The van der Waals surface area contributed by atoms with Gasteiger partial charge in [-0.1, -0.05) is 24.3 Å². The number of nitrogens with zero attached hydrogens (tertiary/aromatic N) is 5. The number of rotatable bonds is 5. The van der Waals surface area contributed by atoms with Gasteiger partial charge in [-0.15, -0.1) is 5.10 Å². The molecule has 108 valence electrons. The van der Waals surface area contributed by atoms with Crippen LogP contribution < -0.4 is 11.1 Å². The largest absolute Gasteiger partial charge is 0.383 e. The number of nitrogens with two attached hydrogens (primary N) is 1. The highest BCUT2D eigenvalue weighted by Gasteiger charge is 2.07. The first-order valence-corrected chi connectivity index (χ1v) is 6.87. The molecule has 0 spiro atoms. The normalized spacial score (nSPS) is 11.1. The maximum absolute atomic E-state index is 5.98. The third-order valence-electron chi connectivity index (χ3n) is 3.12. The number of nitrogen functional groups attached to an aromatic ring is 1. The van der Waals surface area contributed by atoms with Crippen molar-refractivity contribution in [3.05, 3.63) is 42.0 Å². The Labute approximate surface area is 122 Å². The first-order chi connectivity index (χ1) is 10.3. The highest BCUT2D eigenvalue weighted by molar-refractivity contribution is 5.87. The zero-order valence-corrected chi connectivity index (χ0v) is 11.8. The monoisotopic (exact) mass is 283 g/mol. The Hall–Kier alpha value is -2.54. The van der Waals surface area contributed by atoms with E-state index in [1.54, 1.807) is 4.68 Å². The van der Waals surface area contributed by atoms with Crippen molar-refractivity contribution in [2.45, 2.75) is 20.0 Å². The fraction of sp³-hybridized carbons (Fsp3) is 0.286. The molecule has 7 nitrogen and oxygen atoms in total. The van der Waals surface area contributed by atoms with Gasteiger partial charge in [0.25, 0.3) is 0 Å². The van der Waals surface area contributed by atoms with Gasteiger partial charge in [-0.3, -0.25) is 0 Å². The number of hydrogen-bond donors (Lipinski definition) is 2. The van der Waals surface area contributed by atoms with Gasteiger partial charge < -0.3 is 11.1 Å². The molecule has 3 aromatic rings. The summed E-state index contributed by atoms with van der Waals surface area (Å²) in [6.07, 6.45) is 1.89. The van der Waals surface area contributed by atoms with Gasteiger partial charge in [-0.25, -0.2) is 14.6 Å². The molecule has 0 aliphatic rings. The standard InChI is InChI=1S/C14H17N7/c1-2-16-7-10-8-21(20-19-10)9-13-17-12-6-4-3-5-11(12)14(15)18-13/h3-6,8,16H,2,7,9H2,1H3,(H2,15,17,18). The van der Waals surface area contributed by atoms with Crippen LogP contribution in [0.2, 0.25) is 0 Å². The Bertz CT molecular complexity index is 750. The summed E-state index contributed by atoms with van der Waals surface area (Å²) in [5, 5.41) is 12.3. The second kappa shape index (κ2) is 5.84. The van der Waals surface area contributed by atoms with Crippen LogP contribution in [0.3, 0.4) is 0 Å². The molecule has 0 radical (unpaired) electrons. The fourth-order valence-electron chi connectivity index (χ4n) is 2.12. The van der Waals surface area contributed by atoms with E-state index < -0.39 is 0 Å². The zero-order chi connectivity index (χ0) is 14.7. The molecule has 0 atom stereocenters. The summed E-state index contributed by atoms with van der Waals surface area (Å²) in [5.41, 5.74) is 7.71. The predicted molar refractivity (Wildman–Crippen MR) is 80.5 cm³/mol. The van der Waals surface area contributed by atoms with Crippen molar-refractivity contribution in [2.75, 3.05) is 12.3 Å². The van der Waals surface area contributed by atoms with Gasteiger partial charge in [-0.2, -0.15) is 0 Å². The summed E-state index contributed by atoms with van der Waals surface area (Å²) in [5.74, 6) is 1.12. The summed E-state index contributed by atoms with van der Waals surface area (Å²) in [6, 6.07) is 7.70. The molecule has 3 rings (SSSR count). The minimum Gasteiger partial charge on any atom is -0.383 e.